The molecule has 0 aliphatic carbocycles. The van der Waals surface area contributed by atoms with Crippen molar-refractivity contribution in [1.82, 2.24) is 9.97 Å². The molecular weight excluding hydrogens is 260 g/mol. The monoisotopic (exact) mass is 278 g/mol. The molecule has 0 spiro atoms. The molecule has 0 fully saturated rings. The van der Waals surface area contributed by atoms with Crippen LogP contribution in [0.4, 0.5) is 5.82 Å². The van der Waals surface area contributed by atoms with Gasteiger partial charge in [-0.05, 0) is 19.4 Å². The van der Waals surface area contributed by atoms with Crippen LogP contribution in [0.3, 0.4) is 0 Å². The third-order valence-corrected chi connectivity index (χ3v) is 3.67. The van der Waals surface area contributed by atoms with Gasteiger partial charge in [-0.25, -0.2) is 4.98 Å². The minimum Gasteiger partial charge on any atom is -0.367 e. The molecule has 4 nitrogen and oxygen atoms in total. The number of hydrogen-bond acceptors (Lipinski definition) is 4. The fraction of sp³-hybridized carbons (Fsp3) is 0.235. The quantitative estimate of drug-likeness (QED) is 0.874. The lowest BCUT2D eigenvalue weighted by Gasteiger charge is -2.10. The van der Waals surface area contributed by atoms with Crippen LogP contribution in [0.5, 0.6) is 0 Å². The maximum absolute atomic E-state index is 4.82. The highest BCUT2D eigenvalue weighted by Crippen LogP contribution is 2.29. The molecule has 1 N–H and O–H groups in total. The summed E-state index contributed by atoms with van der Waals surface area (Å²) in [5.74, 6) is 1.06. The minimum absolute atomic E-state index is 0.187. The SMILES string of the molecule is C/C=C(\N=C(/C)C1CNc2nccnc21)c1ccccc1. The summed E-state index contributed by atoms with van der Waals surface area (Å²) in [5.41, 5.74) is 4.16. The number of fused-ring (bicyclic) bond motifs is 1. The zero-order valence-corrected chi connectivity index (χ0v) is 12.2. The molecule has 2 aromatic rings. The molecule has 1 aliphatic rings. The van der Waals surface area contributed by atoms with E-state index in [-0.39, 0.29) is 5.92 Å². The van der Waals surface area contributed by atoms with Crippen molar-refractivity contribution in [3.8, 4) is 0 Å². The molecule has 1 aliphatic heterocycles. The molecule has 0 saturated carbocycles. The number of nitrogens with one attached hydrogen (secondary N) is 1. The minimum atomic E-state index is 0.187. The predicted octanol–water partition coefficient (Wildman–Crippen LogP) is 3.51. The number of hydrogen-bond donors (Lipinski definition) is 1. The highest BCUT2D eigenvalue weighted by Gasteiger charge is 2.26. The molecule has 1 unspecified atom stereocenters. The van der Waals surface area contributed by atoms with Crippen LogP contribution in [0, 0.1) is 0 Å². The lowest BCUT2D eigenvalue weighted by Crippen LogP contribution is -2.12. The van der Waals surface area contributed by atoms with Crippen LogP contribution < -0.4 is 5.32 Å². The molecule has 21 heavy (non-hydrogen) atoms. The summed E-state index contributed by atoms with van der Waals surface area (Å²) in [6, 6.07) is 10.2. The molecule has 0 bridgehead atoms. The Labute approximate surface area is 124 Å². The van der Waals surface area contributed by atoms with E-state index >= 15 is 0 Å². The number of nitrogens with zero attached hydrogens (tertiary/aromatic N) is 3. The molecule has 0 radical (unpaired) electrons. The molecule has 2 heterocycles. The van der Waals surface area contributed by atoms with Gasteiger partial charge in [-0.1, -0.05) is 36.4 Å². The summed E-state index contributed by atoms with van der Waals surface area (Å²) >= 11 is 0. The number of aliphatic imine (C=N–C) groups is 1. The van der Waals surface area contributed by atoms with E-state index in [0.717, 1.165) is 35.0 Å². The van der Waals surface area contributed by atoms with E-state index in [1.165, 1.54) is 0 Å². The van der Waals surface area contributed by atoms with Gasteiger partial charge in [-0.3, -0.25) is 9.98 Å². The first kappa shape index (κ1) is 13.5. The molecule has 106 valence electrons. The van der Waals surface area contributed by atoms with Gasteiger partial charge in [0.05, 0.1) is 17.3 Å². The molecule has 4 heteroatoms. The van der Waals surface area contributed by atoms with Gasteiger partial charge < -0.3 is 5.32 Å². The van der Waals surface area contributed by atoms with Gasteiger partial charge in [0.2, 0.25) is 0 Å². The van der Waals surface area contributed by atoms with Gasteiger partial charge in [0.25, 0.3) is 0 Å². The largest absolute Gasteiger partial charge is 0.367 e. The maximum atomic E-state index is 4.82. The summed E-state index contributed by atoms with van der Waals surface area (Å²) in [4.78, 5) is 13.6. The summed E-state index contributed by atoms with van der Waals surface area (Å²) in [5, 5.41) is 3.29. The van der Waals surface area contributed by atoms with Gasteiger partial charge in [0.1, 0.15) is 5.82 Å². The van der Waals surface area contributed by atoms with Crippen molar-refractivity contribution in [3.63, 3.8) is 0 Å². The van der Waals surface area contributed by atoms with Crippen LogP contribution in [-0.4, -0.2) is 22.2 Å². The number of allylic oxidation sites excluding steroid dienone is 1. The summed E-state index contributed by atoms with van der Waals surface area (Å²) < 4.78 is 0. The van der Waals surface area contributed by atoms with Gasteiger partial charge in [0, 0.05) is 24.7 Å². The van der Waals surface area contributed by atoms with Gasteiger partial charge >= 0.3 is 0 Å². The highest BCUT2D eigenvalue weighted by molar-refractivity contribution is 5.95. The fourth-order valence-electron chi connectivity index (χ4n) is 2.55. The summed E-state index contributed by atoms with van der Waals surface area (Å²) in [6.45, 7) is 4.88. The Bertz CT molecular complexity index is 689. The lowest BCUT2D eigenvalue weighted by atomic mass is 10.0. The average molecular weight is 278 g/mol. The van der Waals surface area contributed by atoms with Crippen molar-refractivity contribution >= 4 is 17.2 Å². The smallest absolute Gasteiger partial charge is 0.148 e. The van der Waals surface area contributed by atoms with E-state index < -0.39 is 0 Å². The van der Waals surface area contributed by atoms with E-state index in [1.807, 2.05) is 31.2 Å². The van der Waals surface area contributed by atoms with Crippen molar-refractivity contribution in [1.29, 1.82) is 0 Å². The van der Waals surface area contributed by atoms with Crippen LogP contribution in [0.2, 0.25) is 0 Å². The zero-order chi connectivity index (χ0) is 14.7. The number of rotatable bonds is 3. The first-order valence-corrected chi connectivity index (χ1v) is 7.11. The summed E-state index contributed by atoms with van der Waals surface area (Å²) in [7, 11) is 0. The standard InChI is InChI=1S/C17H18N4/c1-3-15(13-7-5-4-6-8-13)21-12(2)14-11-20-17-16(14)18-9-10-19-17/h3-10,14H,11H2,1-2H3,(H,19,20)/b15-3-,21-12+. The Balaban J connectivity index is 1.90. The van der Waals surface area contributed by atoms with E-state index in [0.29, 0.717) is 0 Å². The van der Waals surface area contributed by atoms with E-state index in [9.17, 15) is 0 Å². The van der Waals surface area contributed by atoms with Crippen molar-refractivity contribution in [3.05, 3.63) is 60.1 Å². The Kier molecular flexibility index (Phi) is 3.77. The van der Waals surface area contributed by atoms with Crippen molar-refractivity contribution in [2.75, 3.05) is 11.9 Å². The topological polar surface area (TPSA) is 50.2 Å². The second-order valence-electron chi connectivity index (χ2n) is 5.02. The first-order chi connectivity index (χ1) is 10.3. The molecule has 1 aromatic carbocycles. The van der Waals surface area contributed by atoms with Crippen molar-refractivity contribution in [2.24, 2.45) is 4.99 Å². The Morgan fingerprint density at radius 1 is 1.24 bits per heavy atom. The maximum Gasteiger partial charge on any atom is 0.148 e. The van der Waals surface area contributed by atoms with Gasteiger partial charge in [-0.15, -0.1) is 0 Å². The second kappa shape index (κ2) is 5.87. The Morgan fingerprint density at radius 2 is 2.00 bits per heavy atom. The van der Waals surface area contributed by atoms with Crippen LogP contribution in [0.15, 0.2) is 53.8 Å². The third-order valence-electron chi connectivity index (χ3n) is 3.67. The van der Waals surface area contributed by atoms with Crippen LogP contribution in [-0.2, 0) is 0 Å². The Morgan fingerprint density at radius 3 is 2.76 bits per heavy atom. The van der Waals surface area contributed by atoms with E-state index in [4.69, 9.17) is 4.99 Å². The molecular formula is C17H18N4. The zero-order valence-electron chi connectivity index (χ0n) is 12.2. The van der Waals surface area contributed by atoms with Crippen molar-refractivity contribution < 1.29 is 0 Å². The third kappa shape index (κ3) is 2.70. The second-order valence-corrected chi connectivity index (χ2v) is 5.02. The number of aromatic nitrogens is 2. The molecule has 0 amide bonds. The lowest BCUT2D eigenvalue weighted by molar-refractivity contribution is 0.943. The number of benzene rings is 1. The average Bonchev–Trinajstić information content (AvgIpc) is 2.97. The molecule has 1 atom stereocenters. The highest BCUT2D eigenvalue weighted by atomic mass is 15.1. The van der Waals surface area contributed by atoms with Crippen molar-refractivity contribution in [2.45, 2.75) is 19.8 Å². The molecule has 0 saturated heterocycles. The molecule has 3 rings (SSSR count). The number of anilines is 1. The van der Waals surface area contributed by atoms with Crippen LogP contribution in [0.1, 0.15) is 31.0 Å². The van der Waals surface area contributed by atoms with Gasteiger partial charge in [0.15, 0.2) is 0 Å². The fourth-order valence-corrected chi connectivity index (χ4v) is 2.55. The molecule has 1 aromatic heterocycles. The first-order valence-electron chi connectivity index (χ1n) is 7.11. The van der Waals surface area contributed by atoms with E-state index in [1.54, 1.807) is 12.4 Å². The van der Waals surface area contributed by atoms with Crippen LogP contribution in [0.25, 0.3) is 5.70 Å². The summed E-state index contributed by atoms with van der Waals surface area (Å²) in [6.07, 6.45) is 5.49. The van der Waals surface area contributed by atoms with E-state index in [2.05, 4.69) is 34.3 Å². The predicted molar refractivity (Wildman–Crippen MR) is 86.5 cm³/mol. The van der Waals surface area contributed by atoms with Crippen LogP contribution >= 0.6 is 0 Å². The Hall–Kier alpha value is -2.49. The normalized spacial score (nSPS) is 18.3. The van der Waals surface area contributed by atoms with Gasteiger partial charge in [-0.2, -0.15) is 0 Å².